The van der Waals surface area contributed by atoms with Gasteiger partial charge in [-0.25, -0.2) is 4.79 Å². The molecule has 1 aromatic heterocycles. The lowest BCUT2D eigenvalue weighted by Crippen LogP contribution is -2.47. The number of aryl methyl sites for hydroxylation is 1. The lowest BCUT2D eigenvalue weighted by atomic mass is 10.00. The van der Waals surface area contributed by atoms with E-state index in [1.54, 1.807) is 19.9 Å². The van der Waals surface area contributed by atoms with E-state index in [-0.39, 0.29) is 5.91 Å². The fourth-order valence-corrected chi connectivity index (χ4v) is 2.46. The van der Waals surface area contributed by atoms with Crippen molar-refractivity contribution in [2.75, 3.05) is 11.9 Å². The van der Waals surface area contributed by atoms with Crippen LogP contribution in [0.3, 0.4) is 0 Å². The summed E-state index contributed by atoms with van der Waals surface area (Å²) in [5.41, 5.74) is 5.35. The van der Waals surface area contributed by atoms with Gasteiger partial charge in [-0.05, 0) is 32.8 Å². The zero-order valence-electron chi connectivity index (χ0n) is 12.4. The zero-order chi connectivity index (χ0) is 15.3. The molecule has 0 spiro atoms. The van der Waals surface area contributed by atoms with Gasteiger partial charge >= 0.3 is 5.97 Å². The molecular formula is C14H22N2O3S. The van der Waals surface area contributed by atoms with Crippen LogP contribution in [0.2, 0.25) is 0 Å². The first kappa shape index (κ1) is 16.7. The van der Waals surface area contributed by atoms with Gasteiger partial charge in [0.15, 0.2) is 0 Å². The molecule has 1 aromatic rings. The summed E-state index contributed by atoms with van der Waals surface area (Å²) < 4.78 is 5.01. The number of nitrogens with one attached hydrogen (secondary N) is 1. The maximum absolute atomic E-state index is 12.1. The van der Waals surface area contributed by atoms with Gasteiger partial charge in [0.05, 0.1) is 17.7 Å². The van der Waals surface area contributed by atoms with E-state index in [0.29, 0.717) is 23.6 Å². The van der Waals surface area contributed by atoms with E-state index >= 15 is 0 Å². The molecule has 112 valence electrons. The van der Waals surface area contributed by atoms with E-state index in [2.05, 4.69) is 5.32 Å². The van der Waals surface area contributed by atoms with Crippen LogP contribution < -0.4 is 11.1 Å². The number of amides is 1. The fourth-order valence-electron chi connectivity index (χ4n) is 1.48. The number of ether oxygens (including phenoxy) is 1. The third kappa shape index (κ3) is 3.80. The molecule has 1 heterocycles. The molecule has 0 aliphatic heterocycles. The van der Waals surface area contributed by atoms with E-state index < -0.39 is 11.5 Å². The number of esters is 1. The number of rotatable bonds is 6. The van der Waals surface area contributed by atoms with Crippen molar-refractivity contribution in [3.8, 4) is 0 Å². The van der Waals surface area contributed by atoms with E-state index in [0.717, 1.165) is 11.3 Å². The Morgan fingerprint density at radius 3 is 2.55 bits per heavy atom. The minimum atomic E-state index is -0.956. The Morgan fingerprint density at radius 2 is 2.05 bits per heavy atom. The standard InChI is InChI=1S/C14H22N2O3S/c1-5-9-8-10(12(17)19-7-3)11(20-9)16-13(18)14(4,15)6-2/h8H,5-7,15H2,1-4H3,(H,16,18). The highest BCUT2D eigenvalue weighted by molar-refractivity contribution is 7.16. The normalized spacial score (nSPS) is 13.7. The van der Waals surface area contributed by atoms with E-state index in [1.807, 2.05) is 13.8 Å². The SMILES string of the molecule is CCOC(=O)c1cc(CC)sc1NC(=O)C(C)(N)CC. The van der Waals surface area contributed by atoms with Gasteiger partial charge in [0, 0.05) is 4.88 Å². The van der Waals surface area contributed by atoms with Gasteiger partial charge < -0.3 is 15.8 Å². The van der Waals surface area contributed by atoms with Gasteiger partial charge in [-0.15, -0.1) is 11.3 Å². The number of hydrogen-bond acceptors (Lipinski definition) is 5. The van der Waals surface area contributed by atoms with Crippen LogP contribution in [0.25, 0.3) is 0 Å². The molecule has 1 amide bonds. The van der Waals surface area contributed by atoms with Crippen molar-refractivity contribution < 1.29 is 14.3 Å². The third-order valence-corrected chi connectivity index (χ3v) is 4.30. The summed E-state index contributed by atoms with van der Waals surface area (Å²) >= 11 is 1.38. The van der Waals surface area contributed by atoms with Crippen molar-refractivity contribution >= 4 is 28.2 Å². The van der Waals surface area contributed by atoms with Crippen LogP contribution in [0.4, 0.5) is 5.00 Å². The molecule has 0 saturated carbocycles. The summed E-state index contributed by atoms with van der Waals surface area (Å²) in [6.07, 6.45) is 1.31. The van der Waals surface area contributed by atoms with Crippen molar-refractivity contribution in [1.29, 1.82) is 0 Å². The number of thiophene rings is 1. The second kappa shape index (κ2) is 6.85. The summed E-state index contributed by atoms with van der Waals surface area (Å²) in [7, 11) is 0. The lowest BCUT2D eigenvalue weighted by Gasteiger charge is -2.21. The summed E-state index contributed by atoms with van der Waals surface area (Å²) in [4.78, 5) is 25.0. The van der Waals surface area contributed by atoms with Crippen LogP contribution in [-0.2, 0) is 16.0 Å². The van der Waals surface area contributed by atoms with Crippen molar-refractivity contribution in [2.24, 2.45) is 5.73 Å². The second-order valence-electron chi connectivity index (χ2n) is 4.75. The first-order chi connectivity index (χ1) is 9.35. The van der Waals surface area contributed by atoms with Gasteiger partial charge in [0.1, 0.15) is 5.00 Å². The highest BCUT2D eigenvalue weighted by atomic mass is 32.1. The zero-order valence-corrected chi connectivity index (χ0v) is 13.2. The van der Waals surface area contributed by atoms with Crippen LogP contribution in [0.15, 0.2) is 6.07 Å². The molecule has 0 saturated heterocycles. The first-order valence-corrected chi connectivity index (χ1v) is 7.57. The van der Waals surface area contributed by atoms with E-state index in [1.165, 1.54) is 11.3 Å². The second-order valence-corrected chi connectivity index (χ2v) is 5.89. The Balaban J connectivity index is 3.02. The maximum Gasteiger partial charge on any atom is 0.341 e. The van der Waals surface area contributed by atoms with Crippen LogP contribution in [0.5, 0.6) is 0 Å². The quantitative estimate of drug-likeness (QED) is 0.791. The minimum absolute atomic E-state index is 0.296. The molecule has 0 bridgehead atoms. The lowest BCUT2D eigenvalue weighted by molar-refractivity contribution is -0.120. The van der Waals surface area contributed by atoms with Crippen LogP contribution in [-0.4, -0.2) is 24.0 Å². The molecular weight excluding hydrogens is 276 g/mol. The van der Waals surface area contributed by atoms with Gasteiger partial charge in [-0.2, -0.15) is 0 Å². The summed E-state index contributed by atoms with van der Waals surface area (Å²) in [5, 5.41) is 3.26. The molecule has 0 aliphatic carbocycles. The molecule has 0 aromatic carbocycles. The maximum atomic E-state index is 12.1. The first-order valence-electron chi connectivity index (χ1n) is 6.75. The predicted octanol–water partition coefficient (Wildman–Crippen LogP) is 2.55. The van der Waals surface area contributed by atoms with Crippen molar-refractivity contribution in [3.05, 3.63) is 16.5 Å². The number of nitrogens with two attached hydrogens (primary N) is 1. The molecule has 0 aliphatic rings. The number of carbonyl (C=O) groups is 2. The van der Waals surface area contributed by atoms with Crippen LogP contribution >= 0.6 is 11.3 Å². The van der Waals surface area contributed by atoms with Gasteiger partial charge in [-0.3, -0.25) is 4.79 Å². The predicted molar refractivity (Wildman–Crippen MR) is 81.2 cm³/mol. The van der Waals surface area contributed by atoms with Crippen molar-refractivity contribution in [3.63, 3.8) is 0 Å². The van der Waals surface area contributed by atoms with Crippen molar-refractivity contribution in [2.45, 2.75) is 46.1 Å². The molecule has 1 rings (SSSR count). The molecule has 1 unspecified atom stereocenters. The largest absolute Gasteiger partial charge is 0.462 e. The molecule has 0 fully saturated rings. The Kier molecular flexibility index (Phi) is 5.71. The molecule has 6 heteroatoms. The number of anilines is 1. The molecule has 3 N–H and O–H groups in total. The summed E-state index contributed by atoms with van der Waals surface area (Å²) in [6, 6.07) is 1.76. The van der Waals surface area contributed by atoms with Gasteiger partial charge in [0.2, 0.25) is 5.91 Å². The molecule has 1 atom stereocenters. The Labute approximate surface area is 123 Å². The monoisotopic (exact) mass is 298 g/mol. The third-order valence-electron chi connectivity index (χ3n) is 3.11. The topological polar surface area (TPSA) is 81.4 Å². The average molecular weight is 298 g/mol. The number of carbonyl (C=O) groups excluding carboxylic acids is 2. The van der Waals surface area contributed by atoms with Gasteiger partial charge in [0.25, 0.3) is 0 Å². The highest BCUT2D eigenvalue weighted by Crippen LogP contribution is 2.30. The van der Waals surface area contributed by atoms with E-state index in [9.17, 15) is 9.59 Å². The van der Waals surface area contributed by atoms with Crippen LogP contribution in [0.1, 0.15) is 49.4 Å². The number of hydrogen-bond donors (Lipinski definition) is 2. The van der Waals surface area contributed by atoms with E-state index in [4.69, 9.17) is 10.5 Å². The minimum Gasteiger partial charge on any atom is -0.462 e. The smallest absolute Gasteiger partial charge is 0.341 e. The Hall–Kier alpha value is -1.40. The fraction of sp³-hybridized carbons (Fsp3) is 0.571. The summed E-state index contributed by atoms with van der Waals surface area (Å²) in [6.45, 7) is 7.55. The van der Waals surface area contributed by atoms with Gasteiger partial charge in [-0.1, -0.05) is 13.8 Å². The Bertz CT molecular complexity index is 495. The molecule has 5 nitrogen and oxygen atoms in total. The highest BCUT2D eigenvalue weighted by Gasteiger charge is 2.28. The van der Waals surface area contributed by atoms with Crippen molar-refractivity contribution in [1.82, 2.24) is 0 Å². The Morgan fingerprint density at radius 1 is 1.40 bits per heavy atom. The van der Waals surface area contributed by atoms with Crippen LogP contribution in [0, 0.1) is 0 Å². The summed E-state index contributed by atoms with van der Waals surface area (Å²) in [5.74, 6) is -0.718. The molecule has 0 radical (unpaired) electrons. The molecule has 20 heavy (non-hydrogen) atoms. The average Bonchev–Trinajstić information content (AvgIpc) is 2.82.